The predicted octanol–water partition coefficient (Wildman–Crippen LogP) is 4.43. The number of primary amides is 1. The maximum atomic E-state index is 12.7. The van der Waals surface area contributed by atoms with Crippen LogP contribution in [0.3, 0.4) is 0 Å². The summed E-state index contributed by atoms with van der Waals surface area (Å²) in [5, 5.41) is 0. The topological polar surface area (TPSA) is 69.1 Å². The third-order valence-electron chi connectivity index (χ3n) is 3.60. The van der Waals surface area contributed by atoms with E-state index in [1.165, 1.54) is 12.1 Å². The van der Waals surface area contributed by atoms with Gasteiger partial charge >= 0.3 is 6.18 Å². The monoisotopic (exact) mass is 346 g/mol. The van der Waals surface area contributed by atoms with Crippen LogP contribution in [0.25, 0.3) is 22.8 Å². The lowest BCUT2D eigenvalue weighted by Gasteiger charge is -2.06. The molecule has 128 valence electrons. The minimum absolute atomic E-state index is 0.0269. The Hall–Kier alpha value is -3.09. The van der Waals surface area contributed by atoms with Gasteiger partial charge < -0.3 is 10.2 Å². The number of halogens is 3. The van der Waals surface area contributed by atoms with Crippen molar-refractivity contribution < 1.29 is 22.4 Å². The van der Waals surface area contributed by atoms with Gasteiger partial charge in [-0.05, 0) is 37.3 Å². The molecular formula is C18H13F3N2O2. The van der Waals surface area contributed by atoms with E-state index in [0.717, 1.165) is 17.7 Å². The summed E-state index contributed by atoms with van der Waals surface area (Å²) < 4.78 is 43.6. The number of nitrogens with zero attached hydrogens (tertiary/aromatic N) is 1. The molecule has 1 amide bonds. The van der Waals surface area contributed by atoms with Gasteiger partial charge in [-0.3, -0.25) is 4.79 Å². The van der Waals surface area contributed by atoms with Crippen LogP contribution in [0.2, 0.25) is 0 Å². The van der Waals surface area contributed by atoms with Crippen molar-refractivity contribution in [3.63, 3.8) is 0 Å². The molecule has 0 atom stereocenters. The second kappa shape index (κ2) is 6.08. The van der Waals surface area contributed by atoms with Crippen molar-refractivity contribution in [3.05, 3.63) is 65.4 Å². The number of nitrogens with two attached hydrogens (primary N) is 1. The van der Waals surface area contributed by atoms with E-state index < -0.39 is 17.6 Å². The van der Waals surface area contributed by atoms with Gasteiger partial charge in [0.15, 0.2) is 11.5 Å². The molecule has 25 heavy (non-hydrogen) atoms. The van der Waals surface area contributed by atoms with Crippen LogP contribution < -0.4 is 5.73 Å². The molecule has 0 aliphatic carbocycles. The van der Waals surface area contributed by atoms with E-state index in [9.17, 15) is 18.0 Å². The number of alkyl halides is 3. The molecule has 0 fully saturated rings. The first-order chi connectivity index (χ1) is 11.8. The van der Waals surface area contributed by atoms with E-state index in [1.807, 2.05) is 13.0 Å². The van der Waals surface area contributed by atoms with Crippen LogP contribution in [-0.4, -0.2) is 10.9 Å². The lowest BCUT2D eigenvalue weighted by Crippen LogP contribution is -2.12. The summed E-state index contributed by atoms with van der Waals surface area (Å²) in [6.07, 6.45) is -4.43. The minimum atomic E-state index is -4.43. The minimum Gasteiger partial charge on any atom is -0.435 e. The normalized spacial score (nSPS) is 11.5. The van der Waals surface area contributed by atoms with Gasteiger partial charge in [0.2, 0.25) is 5.89 Å². The van der Waals surface area contributed by atoms with Gasteiger partial charge in [0, 0.05) is 11.1 Å². The molecular weight excluding hydrogens is 333 g/mol. The molecule has 0 saturated heterocycles. The van der Waals surface area contributed by atoms with E-state index >= 15 is 0 Å². The van der Waals surface area contributed by atoms with Gasteiger partial charge in [-0.1, -0.05) is 23.8 Å². The molecule has 0 aliphatic rings. The molecule has 1 aromatic heterocycles. The average Bonchev–Trinajstić information content (AvgIpc) is 3.00. The Morgan fingerprint density at radius 1 is 1.08 bits per heavy atom. The van der Waals surface area contributed by atoms with Crippen molar-refractivity contribution in [1.29, 1.82) is 0 Å². The quantitative estimate of drug-likeness (QED) is 0.762. The molecule has 0 spiro atoms. The fourth-order valence-corrected chi connectivity index (χ4v) is 2.39. The van der Waals surface area contributed by atoms with Gasteiger partial charge in [0.1, 0.15) is 0 Å². The summed E-state index contributed by atoms with van der Waals surface area (Å²) in [4.78, 5) is 15.7. The SMILES string of the molecule is Cc1cccc(-c2oc(-c3ccc(C(F)(F)F)cc3)nc2C(N)=O)c1. The van der Waals surface area contributed by atoms with Crippen LogP contribution in [0, 0.1) is 6.92 Å². The fourth-order valence-electron chi connectivity index (χ4n) is 2.39. The summed E-state index contributed by atoms with van der Waals surface area (Å²) in [6, 6.07) is 11.5. The number of aromatic nitrogens is 1. The zero-order valence-electron chi connectivity index (χ0n) is 13.1. The maximum absolute atomic E-state index is 12.7. The van der Waals surface area contributed by atoms with Gasteiger partial charge in [-0.25, -0.2) is 4.98 Å². The second-order valence-corrected chi connectivity index (χ2v) is 5.51. The zero-order chi connectivity index (χ0) is 18.2. The molecule has 0 aliphatic heterocycles. The lowest BCUT2D eigenvalue weighted by atomic mass is 10.1. The third-order valence-corrected chi connectivity index (χ3v) is 3.60. The van der Waals surface area contributed by atoms with E-state index in [-0.39, 0.29) is 17.3 Å². The highest BCUT2D eigenvalue weighted by atomic mass is 19.4. The molecule has 3 aromatic rings. The highest BCUT2D eigenvalue weighted by Crippen LogP contribution is 2.33. The van der Waals surface area contributed by atoms with E-state index in [0.29, 0.717) is 11.1 Å². The third kappa shape index (κ3) is 3.40. The Morgan fingerprint density at radius 3 is 2.32 bits per heavy atom. The molecule has 0 bridgehead atoms. The van der Waals surface area contributed by atoms with Crippen LogP contribution in [0.1, 0.15) is 21.6 Å². The van der Waals surface area contributed by atoms with Crippen LogP contribution in [0.5, 0.6) is 0 Å². The van der Waals surface area contributed by atoms with Crippen molar-refractivity contribution in [2.75, 3.05) is 0 Å². The molecule has 0 saturated carbocycles. The number of amides is 1. The lowest BCUT2D eigenvalue weighted by molar-refractivity contribution is -0.137. The summed E-state index contributed by atoms with van der Waals surface area (Å²) >= 11 is 0. The Kier molecular flexibility index (Phi) is 4.08. The number of benzene rings is 2. The standard InChI is InChI=1S/C18H13F3N2O2/c1-10-3-2-4-12(9-10)15-14(16(22)24)23-17(25-15)11-5-7-13(8-6-11)18(19,20)21/h2-9H,1H3,(H2,22,24). The molecule has 3 rings (SSSR count). The molecule has 7 heteroatoms. The van der Waals surface area contributed by atoms with Crippen LogP contribution in [0.15, 0.2) is 52.9 Å². The Morgan fingerprint density at radius 2 is 1.76 bits per heavy atom. The van der Waals surface area contributed by atoms with Gasteiger partial charge in [-0.15, -0.1) is 0 Å². The van der Waals surface area contributed by atoms with E-state index in [4.69, 9.17) is 10.2 Å². The van der Waals surface area contributed by atoms with Gasteiger partial charge in [0.25, 0.3) is 5.91 Å². The number of oxazole rings is 1. The summed E-state index contributed by atoms with van der Waals surface area (Å²) in [6.45, 7) is 1.88. The van der Waals surface area contributed by atoms with Crippen molar-refractivity contribution >= 4 is 5.91 Å². The van der Waals surface area contributed by atoms with Crippen molar-refractivity contribution in [2.45, 2.75) is 13.1 Å². The van der Waals surface area contributed by atoms with Gasteiger partial charge in [-0.2, -0.15) is 13.2 Å². The Labute approximate surface area is 141 Å². The van der Waals surface area contributed by atoms with E-state index in [1.54, 1.807) is 18.2 Å². The number of carbonyl (C=O) groups excluding carboxylic acids is 1. The molecule has 0 radical (unpaired) electrons. The summed E-state index contributed by atoms with van der Waals surface area (Å²) in [5.74, 6) is -0.566. The van der Waals surface area contributed by atoms with Crippen LogP contribution in [-0.2, 0) is 6.18 Å². The number of aryl methyl sites for hydroxylation is 1. The zero-order valence-corrected chi connectivity index (χ0v) is 13.1. The smallest absolute Gasteiger partial charge is 0.416 e. The Bertz CT molecular complexity index is 928. The van der Waals surface area contributed by atoms with Crippen LogP contribution >= 0.6 is 0 Å². The van der Waals surface area contributed by atoms with E-state index in [2.05, 4.69) is 4.98 Å². The maximum Gasteiger partial charge on any atom is 0.416 e. The average molecular weight is 346 g/mol. The van der Waals surface area contributed by atoms with Crippen molar-refractivity contribution in [3.8, 4) is 22.8 Å². The molecule has 0 unspecified atom stereocenters. The molecule has 4 nitrogen and oxygen atoms in total. The first-order valence-corrected chi connectivity index (χ1v) is 7.31. The highest BCUT2D eigenvalue weighted by Gasteiger charge is 2.30. The molecule has 1 heterocycles. The van der Waals surface area contributed by atoms with Gasteiger partial charge in [0.05, 0.1) is 5.56 Å². The molecule has 2 aromatic carbocycles. The predicted molar refractivity (Wildman–Crippen MR) is 85.6 cm³/mol. The first kappa shape index (κ1) is 16.8. The Balaban J connectivity index is 2.07. The fraction of sp³-hybridized carbons (Fsp3) is 0.111. The largest absolute Gasteiger partial charge is 0.435 e. The number of hydrogen-bond donors (Lipinski definition) is 1. The first-order valence-electron chi connectivity index (χ1n) is 7.31. The van der Waals surface area contributed by atoms with Crippen molar-refractivity contribution in [1.82, 2.24) is 4.98 Å². The summed E-state index contributed by atoms with van der Waals surface area (Å²) in [7, 11) is 0. The summed E-state index contributed by atoms with van der Waals surface area (Å²) in [5.41, 5.74) is 6.37. The number of hydrogen-bond acceptors (Lipinski definition) is 3. The number of carbonyl (C=O) groups is 1. The molecule has 2 N–H and O–H groups in total. The van der Waals surface area contributed by atoms with Crippen molar-refractivity contribution in [2.24, 2.45) is 5.73 Å². The second-order valence-electron chi connectivity index (χ2n) is 5.51. The highest BCUT2D eigenvalue weighted by molar-refractivity contribution is 5.97. The number of rotatable bonds is 3. The van der Waals surface area contributed by atoms with Crippen LogP contribution in [0.4, 0.5) is 13.2 Å².